The van der Waals surface area contributed by atoms with Crippen LogP contribution >= 0.6 is 0 Å². The van der Waals surface area contributed by atoms with Crippen LogP contribution in [0.25, 0.3) is 22.0 Å². The first kappa shape index (κ1) is 34.9. The molecule has 0 atom stereocenters. The zero-order valence-electron chi connectivity index (χ0n) is 27.9. The number of fused-ring (bicyclic) bond motifs is 1. The number of aliphatic hydroxyl groups is 1. The molecule has 5 aromatic rings. The second-order valence-electron chi connectivity index (χ2n) is 13.2. The van der Waals surface area contributed by atoms with Crippen LogP contribution in [-0.2, 0) is 36.4 Å². The van der Waals surface area contributed by atoms with Gasteiger partial charge in [-0.05, 0) is 111 Å². The molecule has 5 rings (SSSR count). The molecule has 0 aliphatic rings. The molecule has 10 heteroatoms. The quantitative estimate of drug-likeness (QED) is 0.174. The number of hydrogen-bond donors (Lipinski definition) is 1. The van der Waals surface area contributed by atoms with Crippen molar-refractivity contribution in [3.63, 3.8) is 0 Å². The van der Waals surface area contributed by atoms with E-state index in [0.29, 0.717) is 28.8 Å². The Kier molecular flexibility index (Phi) is 9.40. The lowest BCUT2D eigenvalue weighted by atomic mass is 9.92. The van der Waals surface area contributed by atoms with Crippen LogP contribution in [0.2, 0.25) is 0 Å². The molecule has 0 spiro atoms. The Morgan fingerprint density at radius 3 is 2.06 bits per heavy atom. The molecule has 0 aliphatic heterocycles. The molecule has 48 heavy (non-hydrogen) atoms. The average Bonchev–Trinajstić information content (AvgIpc) is 3.03. The van der Waals surface area contributed by atoms with Crippen molar-refractivity contribution in [2.45, 2.75) is 49.4 Å². The molecule has 8 nitrogen and oxygen atoms in total. The summed E-state index contributed by atoms with van der Waals surface area (Å²) in [4.78, 5) is 20.3. The van der Waals surface area contributed by atoms with Crippen LogP contribution in [0.5, 0.6) is 0 Å². The van der Waals surface area contributed by atoms with Gasteiger partial charge in [0.2, 0.25) is 0 Å². The Morgan fingerprint density at radius 2 is 1.46 bits per heavy atom. The van der Waals surface area contributed by atoms with Crippen LogP contribution in [0.3, 0.4) is 0 Å². The van der Waals surface area contributed by atoms with Gasteiger partial charge in [-0.1, -0.05) is 42.5 Å². The Morgan fingerprint density at radius 1 is 0.792 bits per heavy atom. The number of hydrogen-bond acceptors (Lipinski definition) is 7. The van der Waals surface area contributed by atoms with Crippen molar-refractivity contribution in [1.82, 2.24) is 4.98 Å². The van der Waals surface area contributed by atoms with E-state index < -0.39 is 30.0 Å². The smallest absolute Gasteiger partial charge is 0.258 e. The zero-order valence-corrected chi connectivity index (χ0v) is 29.6. The highest BCUT2D eigenvalue weighted by atomic mass is 32.2. The molecular weight excluding hydrogens is 645 g/mol. The minimum absolute atomic E-state index is 0.156. The minimum atomic E-state index is -3.43. The number of benzene rings is 4. The summed E-state index contributed by atoms with van der Waals surface area (Å²) in [6, 6.07) is 28.4. The lowest BCUT2D eigenvalue weighted by Gasteiger charge is -2.25. The van der Waals surface area contributed by atoms with Crippen LogP contribution in [-0.4, -0.2) is 51.9 Å². The van der Waals surface area contributed by atoms with E-state index in [9.17, 15) is 26.7 Å². The van der Waals surface area contributed by atoms with Crippen LogP contribution in [0, 0.1) is 0 Å². The molecule has 250 valence electrons. The molecule has 1 aromatic heterocycles. The topological polar surface area (TPSA) is 122 Å². The van der Waals surface area contributed by atoms with E-state index in [2.05, 4.69) is 4.98 Å². The van der Waals surface area contributed by atoms with Gasteiger partial charge in [0.05, 0.1) is 20.8 Å². The van der Waals surface area contributed by atoms with E-state index in [4.69, 9.17) is 0 Å². The maximum Gasteiger partial charge on any atom is 0.258 e. The third-order valence-electron chi connectivity index (χ3n) is 8.85. The highest BCUT2D eigenvalue weighted by Crippen LogP contribution is 2.36. The summed E-state index contributed by atoms with van der Waals surface area (Å²) in [5, 5.41) is 11.2. The SMILES string of the molecule is CC(C)(O)c1ccc(C(=O)N(CCc2cccc(-c3cc(C(C)(C)S(C)(=O)=O)cc4cccnc34)c2)c2ccc(S(C)(=O)=O)cc2)cc1. The van der Waals surface area contributed by atoms with Crippen molar-refractivity contribution >= 4 is 42.2 Å². The molecule has 4 aromatic carbocycles. The summed E-state index contributed by atoms with van der Waals surface area (Å²) in [5.41, 5.74) is 4.59. The first-order valence-corrected chi connectivity index (χ1v) is 19.3. The summed E-state index contributed by atoms with van der Waals surface area (Å²) in [6.07, 6.45) is 4.56. The number of anilines is 1. The van der Waals surface area contributed by atoms with E-state index in [1.807, 2.05) is 48.5 Å². The van der Waals surface area contributed by atoms with Crippen molar-refractivity contribution in [2.75, 3.05) is 24.0 Å². The number of nitrogens with zero attached hydrogens (tertiary/aromatic N) is 2. The number of rotatable bonds is 10. The van der Waals surface area contributed by atoms with Crippen molar-refractivity contribution < 1.29 is 26.7 Å². The Bertz CT molecular complexity index is 2200. The van der Waals surface area contributed by atoms with Gasteiger partial charge in [-0.25, -0.2) is 16.8 Å². The highest BCUT2D eigenvalue weighted by Gasteiger charge is 2.33. The van der Waals surface area contributed by atoms with E-state index in [-0.39, 0.29) is 17.3 Å². The lowest BCUT2D eigenvalue weighted by Crippen LogP contribution is -2.33. The van der Waals surface area contributed by atoms with E-state index in [0.717, 1.165) is 33.8 Å². The van der Waals surface area contributed by atoms with Gasteiger partial charge in [0, 0.05) is 47.5 Å². The van der Waals surface area contributed by atoms with Crippen molar-refractivity contribution in [3.8, 4) is 11.1 Å². The lowest BCUT2D eigenvalue weighted by molar-refractivity contribution is 0.0784. The predicted octanol–water partition coefficient (Wildman–Crippen LogP) is 6.70. The highest BCUT2D eigenvalue weighted by molar-refractivity contribution is 7.91. The fourth-order valence-electron chi connectivity index (χ4n) is 5.51. The number of carbonyl (C=O) groups excluding carboxylic acids is 1. The van der Waals surface area contributed by atoms with Crippen molar-refractivity contribution in [2.24, 2.45) is 0 Å². The summed E-state index contributed by atoms with van der Waals surface area (Å²) < 4.78 is 48.6. The fourth-order valence-corrected chi connectivity index (χ4v) is 6.68. The van der Waals surface area contributed by atoms with Gasteiger partial charge in [-0.15, -0.1) is 0 Å². The van der Waals surface area contributed by atoms with Gasteiger partial charge >= 0.3 is 0 Å². The molecule has 0 saturated heterocycles. The Balaban J connectivity index is 1.51. The fraction of sp³-hybridized carbons (Fsp3) is 0.263. The van der Waals surface area contributed by atoms with Gasteiger partial charge in [-0.3, -0.25) is 9.78 Å². The second kappa shape index (κ2) is 12.9. The first-order valence-electron chi connectivity index (χ1n) is 15.5. The number of pyridine rings is 1. The molecule has 0 unspecified atom stereocenters. The van der Waals surface area contributed by atoms with E-state index in [1.165, 1.54) is 18.4 Å². The van der Waals surface area contributed by atoms with Crippen LogP contribution in [0.1, 0.15) is 54.7 Å². The van der Waals surface area contributed by atoms with Gasteiger partial charge in [0.15, 0.2) is 19.7 Å². The second-order valence-corrected chi connectivity index (χ2v) is 17.8. The van der Waals surface area contributed by atoms with Crippen molar-refractivity contribution in [3.05, 3.63) is 126 Å². The van der Waals surface area contributed by atoms with E-state index in [1.54, 1.807) is 75.2 Å². The maximum atomic E-state index is 13.9. The molecular formula is C38H40N2O6S2. The van der Waals surface area contributed by atoms with Crippen molar-refractivity contribution in [1.29, 1.82) is 0 Å². The standard InChI is InChI=1S/C38H40N2O6S2/c1-37(2,42)30-14-12-27(13-15-30)36(41)40(32-16-18-33(19-17-32)47(5,43)44)22-20-26-9-7-10-28(23-26)34-25-31(38(3,4)48(6,45)46)24-29-11-8-21-39-35(29)34/h7-19,21,23-25,42H,20,22H2,1-6H3. The summed E-state index contributed by atoms with van der Waals surface area (Å²) in [6.45, 7) is 7.04. The summed E-state index contributed by atoms with van der Waals surface area (Å²) in [5.74, 6) is -0.272. The molecule has 1 heterocycles. The van der Waals surface area contributed by atoms with Gasteiger partial charge in [-0.2, -0.15) is 0 Å². The number of amides is 1. The minimum Gasteiger partial charge on any atom is -0.386 e. The third kappa shape index (κ3) is 7.36. The Hall–Kier alpha value is -4.38. The summed E-state index contributed by atoms with van der Waals surface area (Å²) >= 11 is 0. The largest absolute Gasteiger partial charge is 0.386 e. The zero-order chi connectivity index (χ0) is 35.1. The van der Waals surface area contributed by atoms with Crippen LogP contribution < -0.4 is 4.90 Å². The molecule has 0 aliphatic carbocycles. The van der Waals surface area contributed by atoms with E-state index >= 15 is 0 Å². The van der Waals surface area contributed by atoms with Gasteiger partial charge < -0.3 is 10.0 Å². The Labute approximate surface area is 282 Å². The van der Waals surface area contributed by atoms with Gasteiger partial charge in [0.25, 0.3) is 5.91 Å². The number of aromatic nitrogens is 1. The predicted molar refractivity (Wildman–Crippen MR) is 192 cm³/mol. The maximum absolute atomic E-state index is 13.9. The average molecular weight is 685 g/mol. The molecule has 0 saturated carbocycles. The molecule has 0 fully saturated rings. The molecule has 1 N–H and O–H groups in total. The first-order chi connectivity index (χ1) is 22.4. The van der Waals surface area contributed by atoms with Crippen LogP contribution in [0.4, 0.5) is 5.69 Å². The normalized spacial score (nSPS) is 12.6. The molecule has 0 bridgehead atoms. The summed E-state index contributed by atoms with van der Waals surface area (Å²) in [7, 11) is -6.86. The van der Waals surface area contributed by atoms with Gasteiger partial charge in [0.1, 0.15) is 0 Å². The number of carbonyl (C=O) groups is 1. The molecule has 0 radical (unpaired) electrons. The third-order valence-corrected chi connectivity index (χ3v) is 12.1. The van der Waals surface area contributed by atoms with Crippen LogP contribution in [0.15, 0.2) is 108 Å². The molecule has 1 amide bonds. The monoisotopic (exact) mass is 684 g/mol. The number of sulfone groups is 2.